The summed E-state index contributed by atoms with van der Waals surface area (Å²) >= 11 is 0. The van der Waals surface area contributed by atoms with E-state index >= 15 is 0 Å². The number of fused-ring (bicyclic) bond motifs is 1. The van der Waals surface area contributed by atoms with Gasteiger partial charge in [0.15, 0.2) is 11.6 Å². The third-order valence-corrected chi connectivity index (χ3v) is 4.10. The molecule has 5 nitrogen and oxygen atoms in total. The molecule has 0 radical (unpaired) electrons. The highest BCUT2D eigenvalue weighted by atomic mass is 19.1. The van der Waals surface area contributed by atoms with Crippen LogP contribution in [0, 0.1) is 11.6 Å². The van der Waals surface area contributed by atoms with Crippen LogP contribution < -0.4 is 4.74 Å². The van der Waals surface area contributed by atoms with E-state index in [-0.39, 0.29) is 12.1 Å². The van der Waals surface area contributed by atoms with Crippen LogP contribution in [-0.2, 0) is 6.54 Å². The second kappa shape index (κ2) is 6.51. The van der Waals surface area contributed by atoms with Gasteiger partial charge in [0.25, 0.3) is 0 Å². The highest BCUT2D eigenvalue weighted by Gasteiger charge is 2.17. The summed E-state index contributed by atoms with van der Waals surface area (Å²) < 4.78 is 34.7. The van der Waals surface area contributed by atoms with Crippen molar-refractivity contribution in [2.24, 2.45) is 0 Å². The van der Waals surface area contributed by atoms with Crippen molar-refractivity contribution >= 4 is 10.9 Å². The summed E-state index contributed by atoms with van der Waals surface area (Å²) in [4.78, 5) is 8.53. The smallest absolute Gasteiger partial charge is 0.180 e. The molecule has 0 N–H and O–H groups in total. The Morgan fingerprint density at radius 2 is 1.65 bits per heavy atom. The minimum absolute atomic E-state index is 0.0326. The van der Waals surface area contributed by atoms with Gasteiger partial charge in [-0.15, -0.1) is 0 Å². The second-order valence-electron chi connectivity index (χ2n) is 5.67. The quantitative estimate of drug-likeness (QED) is 0.560. The second-order valence-corrected chi connectivity index (χ2v) is 5.67. The molecule has 0 saturated carbocycles. The zero-order valence-electron chi connectivity index (χ0n) is 13.9. The van der Waals surface area contributed by atoms with Crippen LogP contribution in [0.15, 0.2) is 54.9 Å². The molecule has 4 aromatic rings. The van der Waals surface area contributed by atoms with Gasteiger partial charge in [-0.3, -0.25) is 4.68 Å². The Hall–Kier alpha value is -3.35. The Kier molecular flexibility index (Phi) is 4.04. The van der Waals surface area contributed by atoms with Crippen LogP contribution in [0.4, 0.5) is 8.78 Å². The Morgan fingerprint density at radius 3 is 2.35 bits per heavy atom. The van der Waals surface area contributed by atoms with E-state index in [1.165, 1.54) is 25.3 Å². The van der Waals surface area contributed by atoms with Crippen molar-refractivity contribution in [3.05, 3.63) is 72.1 Å². The molecule has 26 heavy (non-hydrogen) atoms. The summed E-state index contributed by atoms with van der Waals surface area (Å²) in [6.45, 7) is -0.0326. The summed E-state index contributed by atoms with van der Waals surface area (Å²) in [5, 5.41) is 5.31. The number of methoxy groups -OCH3 is 1. The standard InChI is InChI=1S/C19H14F2N4O/c1-26-12-9-22-19(23-10-12)18-13-5-2-3-8-17(13)25(24-18)11-14-15(20)6-4-7-16(14)21/h2-10H,11H2,1H3. The van der Waals surface area contributed by atoms with Crippen molar-refractivity contribution in [3.8, 4) is 17.3 Å². The lowest BCUT2D eigenvalue weighted by Gasteiger charge is -2.06. The van der Waals surface area contributed by atoms with Crippen molar-refractivity contribution < 1.29 is 13.5 Å². The molecule has 0 spiro atoms. The molecule has 2 aromatic carbocycles. The minimum atomic E-state index is -0.605. The number of benzene rings is 2. The first-order valence-electron chi connectivity index (χ1n) is 7.92. The molecular weight excluding hydrogens is 338 g/mol. The van der Waals surface area contributed by atoms with Crippen molar-refractivity contribution in [1.82, 2.24) is 19.7 Å². The first-order chi connectivity index (χ1) is 12.7. The molecule has 7 heteroatoms. The lowest BCUT2D eigenvalue weighted by atomic mass is 10.2. The maximum Gasteiger partial charge on any atom is 0.180 e. The number of halogens is 2. The molecule has 2 aromatic heterocycles. The molecule has 130 valence electrons. The van der Waals surface area contributed by atoms with Crippen molar-refractivity contribution in [3.63, 3.8) is 0 Å². The summed E-state index contributed by atoms with van der Waals surface area (Å²) in [5.41, 5.74) is 1.24. The highest BCUT2D eigenvalue weighted by Crippen LogP contribution is 2.27. The zero-order chi connectivity index (χ0) is 18.1. The number of hydrogen-bond donors (Lipinski definition) is 0. The van der Waals surface area contributed by atoms with Gasteiger partial charge < -0.3 is 4.74 Å². The van der Waals surface area contributed by atoms with Crippen LogP contribution in [0.2, 0.25) is 0 Å². The molecule has 4 rings (SSSR count). The van der Waals surface area contributed by atoms with E-state index in [1.54, 1.807) is 17.1 Å². The molecule has 0 amide bonds. The molecule has 0 aliphatic rings. The van der Waals surface area contributed by atoms with Crippen LogP contribution in [-0.4, -0.2) is 26.9 Å². The average Bonchev–Trinajstić information content (AvgIpc) is 3.04. The van der Waals surface area contributed by atoms with Crippen molar-refractivity contribution in [2.75, 3.05) is 7.11 Å². The Labute approximate surface area is 147 Å². The van der Waals surface area contributed by atoms with Gasteiger partial charge in [-0.2, -0.15) is 5.10 Å². The average molecular weight is 352 g/mol. The van der Waals surface area contributed by atoms with Crippen molar-refractivity contribution in [1.29, 1.82) is 0 Å². The summed E-state index contributed by atoms with van der Waals surface area (Å²) in [5.74, 6) is -0.265. The summed E-state index contributed by atoms with van der Waals surface area (Å²) in [7, 11) is 1.53. The van der Waals surface area contributed by atoms with Gasteiger partial charge in [-0.25, -0.2) is 18.7 Å². The third kappa shape index (κ3) is 2.77. The molecule has 0 bridgehead atoms. The number of hydrogen-bond acceptors (Lipinski definition) is 4. The van der Waals surface area contributed by atoms with E-state index in [0.29, 0.717) is 17.3 Å². The third-order valence-electron chi connectivity index (χ3n) is 4.10. The first-order valence-corrected chi connectivity index (χ1v) is 7.92. The lowest BCUT2D eigenvalue weighted by Crippen LogP contribution is -2.06. The fraction of sp³-hybridized carbons (Fsp3) is 0.105. The number of para-hydroxylation sites is 1. The van der Waals surface area contributed by atoms with Crippen LogP contribution >= 0.6 is 0 Å². The number of aromatic nitrogens is 4. The zero-order valence-corrected chi connectivity index (χ0v) is 13.9. The number of rotatable bonds is 4. The molecule has 0 fully saturated rings. The Balaban J connectivity index is 1.84. The van der Waals surface area contributed by atoms with E-state index in [1.807, 2.05) is 24.3 Å². The normalized spacial score (nSPS) is 11.0. The maximum atomic E-state index is 14.0. The SMILES string of the molecule is COc1cnc(-c2nn(Cc3c(F)cccc3F)c3ccccc23)nc1. The Morgan fingerprint density at radius 1 is 0.962 bits per heavy atom. The maximum absolute atomic E-state index is 14.0. The predicted molar refractivity (Wildman–Crippen MR) is 92.8 cm³/mol. The number of ether oxygens (including phenoxy) is 1. The first kappa shape index (κ1) is 16.1. The molecular formula is C19H14F2N4O. The molecule has 0 unspecified atom stereocenters. The topological polar surface area (TPSA) is 52.8 Å². The van der Waals surface area contributed by atoms with Gasteiger partial charge in [-0.1, -0.05) is 24.3 Å². The highest BCUT2D eigenvalue weighted by molar-refractivity contribution is 5.91. The molecule has 2 heterocycles. The Bertz CT molecular complexity index is 1060. The molecule has 0 saturated heterocycles. The minimum Gasteiger partial charge on any atom is -0.494 e. The summed E-state index contributed by atoms with van der Waals surface area (Å²) in [6, 6.07) is 11.2. The van der Waals surface area contributed by atoms with Gasteiger partial charge in [0.2, 0.25) is 0 Å². The van der Waals surface area contributed by atoms with Crippen molar-refractivity contribution in [2.45, 2.75) is 6.54 Å². The van der Waals surface area contributed by atoms with Gasteiger partial charge in [0.1, 0.15) is 17.3 Å². The fourth-order valence-electron chi connectivity index (χ4n) is 2.79. The van der Waals surface area contributed by atoms with E-state index in [4.69, 9.17) is 4.74 Å². The van der Waals surface area contributed by atoms with Crippen LogP contribution in [0.1, 0.15) is 5.56 Å². The molecule has 0 atom stereocenters. The monoisotopic (exact) mass is 352 g/mol. The molecule has 0 aliphatic carbocycles. The largest absolute Gasteiger partial charge is 0.494 e. The number of nitrogens with zero attached hydrogens (tertiary/aromatic N) is 4. The fourth-order valence-corrected chi connectivity index (χ4v) is 2.79. The van der Waals surface area contributed by atoms with E-state index in [2.05, 4.69) is 15.1 Å². The van der Waals surface area contributed by atoms with Crippen LogP contribution in [0.5, 0.6) is 5.75 Å². The predicted octanol–water partition coefficient (Wildman–Crippen LogP) is 3.83. The summed E-state index contributed by atoms with van der Waals surface area (Å²) in [6.07, 6.45) is 3.10. The van der Waals surface area contributed by atoms with Crippen LogP contribution in [0.25, 0.3) is 22.4 Å². The lowest BCUT2D eigenvalue weighted by molar-refractivity contribution is 0.411. The van der Waals surface area contributed by atoms with Crippen LogP contribution in [0.3, 0.4) is 0 Å². The van der Waals surface area contributed by atoms with Gasteiger partial charge in [0, 0.05) is 10.9 Å². The van der Waals surface area contributed by atoms with Gasteiger partial charge in [-0.05, 0) is 18.2 Å². The van der Waals surface area contributed by atoms with Gasteiger partial charge in [0.05, 0.1) is 31.6 Å². The van der Waals surface area contributed by atoms with E-state index in [9.17, 15) is 8.78 Å². The van der Waals surface area contributed by atoms with Gasteiger partial charge >= 0.3 is 0 Å². The van der Waals surface area contributed by atoms with E-state index in [0.717, 1.165) is 10.9 Å². The molecule has 0 aliphatic heterocycles. The van der Waals surface area contributed by atoms with E-state index < -0.39 is 11.6 Å².